The van der Waals surface area contributed by atoms with Crippen molar-refractivity contribution in [2.45, 2.75) is 51.0 Å². The maximum atomic E-state index is 14.5. The molecule has 0 amide bonds. The SMILES string of the molecule is Cc1ccc(F)c(-c2nc(C(=O)Cc3cnccc3[C@@H]3CCC[C@H](N)C3)ccc2F)c1F. The Balaban J connectivity index is 1.65. The van der Waals surface area contributed by atoms with Gasteiger partial charge in [0, 0.05) is 24.9 Å². The number of carbonyl (C=O) groups is 1. The zero-order chi connectivity index (χ0) is 22.8. The Morgan fingerprint density at radius 1 is 1.09 bits per heavy atom. The van der Waals surface area contributed by atoms with Crippen LogP contribution in [0.5, 0.6) is 0 Å². The number of aryl methyl sites for hydroxylation is 1. The van der Waals surface area contributed by atoms with Crippen molar-refractivity contribution in [3.05, 3.63) is 82.6 Å². The van der Waals surface area contributed by atoms with Gasteiger partial charge in [0.2, 0.25) is 0 Å². The second-order valence-corrected chi connectivity index (χ2v) is 8.38. The summed E-state index contributed by atoms with van der Waals surface area (Å²) in [5, 5.41) is 0. The number of nitrogens with two attached hydrogens (primary N) is 1. The van der Waals surface area contributed by atoms with Gasteiger partial charge in [-0.05, 0) is 73.1 Å². The van der Waals surface area contributed by atoms with Gasteiger partial charge < -0.3 is 5.73 Å². The highest BCUT2D eigenvalue weighted by atomic mass is 19.1. The number of Topliss-reactive ketones (excluding diaryl/α,β-unsaturated/α-hetero) is 1. The van der Waals surface area contributed by atoms with E-state index in [0.717, 1.165) is 48.9 Å². The molecule has 3 aromatic rings. The average Bonchev–Trinajstić information content (AvgIpc) is 2.78. The first-order chi connectivity index (χ1) is 15.3. The molecule has 1 aliphatic rings. The Kier molecular flexibility index (Phi) is 6.37. The lowest BCUT2D eigenvalue weighted by Gasteiger charge is -2.28. The van der Waals surface area contributed by atoms with Gasteiger partial charge in [-0.15, -0.1) is 0 Å². The summed E-state index contributed by atoms with van der Waals surface area (Å²) in [6.07, 6.45) is 7.20. The molecule has 2 atom stereocenters. The molecule has 2 N–H and O–H groups in total. The van der Waals surface area contributed by atoms with Crippen molar-refractivity contribution < 1.29 is 18.0 Å². The van der Waals surface area contributed by atoms with Gasteiger partial charge in [-0.2, -0.15) is 0 Å². The summed E-state index contributed by atoms with van der Waals surface area (Å²) in [5.74, 6) is -2.87. The fourth-order valence-electron chi connectivity index (χ4n) is 4.40. The van der Waals surface area contributed by atoms with Crippen LogP contribution in [0.15, 0.2) is 42.7 Å². The van der Waals surface area contributed by atoms with Crippen LogP contribution in [0.25, 0.3) is 11.3 Å². The van der Waals surface area contributed by atoms with E-state index >= 15 is 0 Å². The van der Waals surface area contributed by atoms with Crippen molar-refractivity contribution >= 4 is 5.78 Å². The maximum Gasteiger partial charge on any atom is 0.185 e. The van der Waals surface area contributed by atoms with E-state index in [9.17, 15) is 18.0 Å². The standard InChI is InChI=1S/C25H24F3N3O/c1-14-5-6-19(26)23(24(14)28)25-20(27)7-8-21(31-25)22(32)12-16-13-30-10-9-18(16)15-3-2-4-17(29)11-15/h5-10,13,15,17H,2-4,11-12,29H2,1H3/t15-,17+/m1/s1. The lowest BCUT2D eigenvalue weighted by atomic mass is 9.80. The zero-order valence-corrected chi connectivity index (χ0v) is 17.7. The number of halogens is 3. The molecule has 4 nitrogen and oxygen atoms in total. The maximum absolute atomic E-state index is 14.5. The van der Waals surface area contributed by atoms with Crippen molar-refractivity contribution in [3.8, 4) is 11.3 Å². The molecule has 0 unspecified atom stereocenters. The molecule has 0 saturated heterocycles. The van der Waals surface area contributed by atoms with E-state index in [4.69, 9.17) is 5.73 Å². The number of rotatable bonds is 5. The number of pyridine rings is 2. The lowest BCUT2D eigenvalue weighted by molar-refractivity contribution is 0.0987. The van der Waals surface area contributed by atoms with Gasteiger partial charge in [0.05, 0.1) is 5.56 Å². The number of ketones is 1. The Hall–Kier alpha value is -3.06. The summed E-state index contributed by atoms with van der Waals surface area (Å²) in [5.41, 5.74) is 6.94. The topological polar surface area (TPSA) is 68.9 Å². The van der Waals surface area contributed by atoms with Gasteiger partial charge >= 0.3 is 0 Å². The molecule has 7 heteroatoms. The summed E-state index contributed by atoms with van der Waals surface area (Å²) in [6, 6.07) is 6.61. The van der Waals surface area contributed by atoms with Crippen LogP contribution in [-0.4, -0.2) is 21.8 Å². The van der Waals surface area contributed by atoms with Crippen molar-refractivity contribution in [2.75, 3.05) is 0 Å². The minimum absolute atomic E-state index is 0.00572. The number of hydrogen-bond acceptors (Lipinski definition) is 4. The van der Waals surface area contributed by atoms with E-state index in [-0.39, 0.29) is 35.4 Å². The largest absolute Gasteiger partial charge is 0.328 e. The van der Waals surface area contributed by atoms with E-state index < -0.39 is 28.7 Å². The van der Waals surface area contributed by atoms with Crippen LogP contribution in [0.4, 0.5) is 13.2 Å². The van der Waals surface area contributed by atoms with Gasteiger partial charge in [-0.25, -0.2) is 18.2 Å². The number of aromatic nitrogens is 2. The van der Waals surface area contributed by atoms with E-state index in [1.807, 2.05) is 6.07 Å². The normalized spacial score (nSPS) is 18.5. The second-order valence-electron chi connectivity index (χ2n) is 8.38. The summed E-state index contributed by atoms with van der Waals surface area (Å²) >= 11 is 0. The van der Waals surface area contributed by atoms with Crippen molar-refractivity contribution in [3.63, 3.8) is 0 Å². The minimum atomic E-state index is -0.938. The average molecular weight is 439 g/mol. The van der Waals surface area contributed by atoms with Crippen LogP contribution in [0, 0.1) is 24.4 Å². The highest BCUT2D eigenvalue weighted by molar-refractivity contribution is 5.96. The Bertz CT molecular complexity index is 1170. The van der Waals surface area contributed by atoms with Crippen molar-refractivity contribution in [1.82, 2.24) is 9.97 Å². The van der Waals surface area contributed by atoms with E-state index in [2.05, 4.69) is 9.97 Å². The van der Waals surface area contributed by atoms with Crippen LogP contribution >= 0.6 is 0 Å². The Morgan fingerprint density at radius 2 is 1.88 bits per heavy atom. The quantitative estimate of drug-likeness (QED) is 0.549. The molecule has 0 radical (unpaired) electrons. The molecule has 0 spiro atoms. The van der Waals surface area contributed by atoms with Crippen LogP contribution in [-0.2, 0) is 6.42 Å². The summed E-state index contributed by atoms with van der Waals surface area (Å²) in [7, 11) is 0. The van der Waals surface area contributed by atoms with Gasteiger partial charge in [-0.3, -0.25) is 9.78 Å². The molecule has 2 heterocycles. The molecular weight excluding hydrogens is 415 g/mol. The third-order valence-corrected chi connectivity index (χ3v) is 6.10. The van der Waals surface area contributed by atoms with Gasteiger partial charge in [-0.1, -0.05) is 12.5 Å². The smallest absolute Gasteiger partial charge is 0.185 e. The Morgan fingerprint density at radius 3 is 2.66 bits per heavy atom. The molecule has 1 fully saturated rings. The second kappa shape index (κ2) is 9.20. The summed E-state index contributed by atoms with van der Waals surface area (Å²) < 4.78 is 43.3. The molecular formula is C25H24F3N3O. The molecule has 4 rings (SSSR count). The lowest BCUT2D eigenvalue weighted by Crippen LogP contribution is -2.27. The van der Waals surface area contributed by atoms with E-state index in [0.29, 0.717) is 0 Å². The highest BCUT2D eigenvalue weighted by Gasteiger charge is 2.25. The van der Waals surface area contributed by atoms with Crippen molar-refractivity contribution in [1.29, 1.82) is 0 Å². The predicted octanol–water partition coefficient (Wildman–Crippen LogP) is 5.28. The van der Waals surface area contributed by atoms with Crippen molar-refractivity contribution in [2.24, 2.45) is 5.73 Å². The first-order valence-corrected chi connectivity index (χ1v) is 10.7. The van der Waals surface area contributed by atoms with E-state index in [1.165, 1.54) is 19.1 Å². The zero-order valence-electron chi connectivity index (χ0n) is 17.7. The minimum Gasteiger partial charge on any atom is -0.328 e. The summed E-state index contributed by atoms with van der Waals surface area (Å²) in [4.78, 5) is 21.2. The van der Waals surface area contributed by atoms with Crippen LogP contribution in [0.2, 0.25) is 0 Å². The Labute approximate surface area is 184 Å². The van der Waals surface area contributed by atoms with Gasteiger partial charge in [0.25, 0.3) is 0 Å². The molecule has 166 valence electrons. The number of carbonyl (C=O) groups excluding carboxylic acids is 1. The third kappa shape index (κ3) is 4.43. The molecule has 1 aromatic carbocycles. The first kappa shape index (κ1) is 22.1. The summed E-state index contributed by atoms with van der Waals surface area (Å²) in [6.45, 7) is 1.45. The first-order valence-electron chi connectivity index (χ1n) is 10.7. The fourth-order valence-corrected chi connectivity index (χ4v) is 4.40. The fraction of sp³-hybridized carbons (Fsp3) is 0.320. The van der Waals surface area contributed by atoms with Crippen LogP contribution in [0.1, 0.15) is 58.8 Å². The molecule has 32 heavy (non-hydrogen) atoms. The monoisotopic (exact) mass is 439 g/mol. The molecule has 0 bridgehead atoms. The van der Waals surface area contributed by atoms with Crippen LogP contribution < -0.4 is 5.73 Å². The van der Waals surface area contributed by atoms with Gasteiger partial charge in [0.15, 0.2) is 5.78 Å². The molecule has 1 saturated carbocycles. The number of nitrogens with zero attached hydrogens (tertiary/aromatic N) is 2. The van der Waals surface area contributed by atoms with E-state index in [1.54, 1.807) is 12.4 Å². The third-order valence-electron chi connectivity index (χ3n) is 6.10. The number of benzene rings is 1. The molecule has 2 aromatic heterocycles. The molecule has 0 aliphatic heterocycles. The van der Waals surface area contributed by atoms with Gasteiger partial charge in [0.1, 0.15) is 28.8 Å². The molecule has 1 aliphatic carbocycles. The van der Waals surface area contributed by atoms with Crippen LogP contribution in [0.3, 0.4) is 0 Å². The number of hydrogen-bond donors (Lipinski definition) is 1. The predicted molar refractivity (Wildman–Crippen MR) is 116 cm³/mol. The highest BCUT2D eigenvalue weighted by Crippen LogP contribution is 2.34.